The molecule has 1 fully saturated rings. The summed E-state index contributed by atoms with van der Waals surface area (Å²) >= 11 is 7.06. The first-order valence-electron chi connectivity index (χ1n) is 8.48. The third kappa shape index (κ3) is 5.14. The second kappa shape index (κ2) is 9.09. The number of nitrogens with zero attached hydrogens (tertiary/aromatic N) is 4. The fraction of sp³-hybridized carbons (Fsp3) is 0.412. The van der Waals surface area contributed by atoms with E-state index in [1.165, 1.54) is 11.8 Å². The van der Waals surface area contributed by atoms with Crippen molar-refractivity contribution in [3.05, 3.63) is 29.3 Å². The molecule has 0 aliphatic carbocycles. The van der Waals surface area contributed by atoms with Gasteiger partial charge in [-0.1, -0.05) is 23.4 Å². The van der Waals surface area contributed by atoms with Gasteiger partial charge in [0.15, 0.2) is 0 Å². The summed E-state index contributed by atoms with van der Waals surface area (Å²) in [4.78, 5) is 27.4. The SMILES string of the molecule is CCOC(=O)N1CCN(C(=O)CSc2nnc(-c3ccc(Cl)cc3)o2)CC1. The van der Waals surface area contributed by atoms with Gasteiger partial charge >= 0.3 is 6.09 Å². The van der Waals surface area contributed by atoms with Crippen LogP contribution in [0.3, 0.4) is 0 Å². The van der Waals surface area contributed by atoms with Crippen molar-refractivity contribution < 1.29 is 18.7 Å². The molecule has 0 unspecified atom stereocenters. The number of ether oxygens (including phenoxy) is 1. The van der Waals surface area contributed by atoms with Crippen LogP contribution in [-0.4, -0.2) is 70.5 Å². The van der Waals surface area contributed by atoms with Gasteiger partial charge < -0.3 is 19.0 Å². The summed E-state index contributed by atoms with van der Waals surface area (Å²) in [5.74, 6) is 0.543. The Morgan fingerprint density at radius 1 is 1.15 bits per heavy atom. The minimum atomic E-state index is -0.334. The number of rotatable bonds is 5. The molecule has 10 heteroatoms. The zero-order valence-corrected chi connectivity index (χ0v) is 16.3. The van der Waals surface area contributed by atoms with Crippen molar-refractivity contribution in [3.63, 3.8) is 0 Å². The lowest BCUT2D eigenvalue weighted by atomic mass is 10.2. The van der Waals surface area contributed by atoms with Gasteiger partial charge in [0.1, 0.15) is 0 Å². The molecule has 1 aliphatic heterocycles. The van der Waals surface area contributed by atoms with E-state index in [1.54, 1.807) is 41.0 Å². The Hall–Kier alpha value is -2.26. The molecule has 0 radical (unpaired) electrons. The van der Waals surface area contributed by atoms with Crippen LogP contribution in [0.2, 0.25) is 5.02 Å². The molecule has 2 aromatic rings. The minimum absolute atomic E-state index is 0.0326. The Kier molecular flexibility index (Phi) is 6.57. The van der Waals surface area contributed by atoms with Gasteiger partial charge in [0.25, 0.3) is 5.22 Å². The smallest absolute Gasteiger partial charge is 0.409 e. The van der Waals surface area contributed by atoms with Gasteiger partial charge in [-0.25, -0.2) is 4.79 Å². The van der Waals surface area contributed by atoms with Crippen LogP contribution in [0.4, 0.5) is 4.79 Å². The number of carbonyl (C=O) groups excluding carboxylic acids is 2. The molecule has 1 aliphatic rings. The van der Waals surface area contributed by atoms with Crippen molar-refractivity contribution in [2.45, 2.75) is 12.1 Å². The Morgan fingerprint density at radius 3 is 2.48 bits per heavy atom. The molecule has 0 bridgehead atoms. The maximum absolute atomic E-state index is 12.4. The molecule has 1 aromatic heterocycles. The van der Waals surface area contributed by atoms with Crippen molar-refractivity contribution in [3.8, 4) is 11.5 Å². The molecule has 0 N–H and O–H groups in total. The number of amides is 2. The van der Waals surface area contributed by atoms with Crippen molar-refractivity contribution in [2.24, 2.45) is 0 Å². The fourth-order valence-corrected chi connectivity index (χ4v) is 3.34. The predicted molar refractivity (Wildman–Crippen MR) is 101 cm³/mol. The predicted octanol–water partition coefficient (Wildman–Crippen LogP) is 2.78. The topological polar surface area (TPSA) is 88.8 Å². The number of hydrogen-bond donors (Lipinski definition) is 0. The summed E-state index contributed by atoms with van der Waals surface area (Å²) in [7, 11) is 0. The van der Waals surface area contributed by atoms with Crippen LogP contribution in [0.5, 0.6) is 0 Å². The van der Waals surface area contributed by atoms with Gasteiger partial charge in [0, 0.05) is 36.8 Å². The number of aromatic nitrogens is 2. The van der Waals surface area contributed by atoms with E-state index in [9.17, 15) is 9.59 Å². The second-order valence-corrected chi connectivity index (χ2v) is 7.10. The standard InChI is InChI=1S/C17H19ClN4O4S/c1-2-25-17(24)22-9-7-21(8-10-22)14(23)11-27-16-20-19-15(26-16)12-3-5-13(18)6-4-12/h3-6H,2,7-11H2,1H3. The van der Waals surface area contributed by atoms with Crippen LogP contribution in [0.15, 0.2) is 33.9 Å². The first-order chi connectivity index (χ1) is 13.1. The molecular formula is C17H19ClN4O4S. The largest absolute Gasteiger partial charge is 0.450 e. The lowest BCUT2D eigenvalue weighted by Crippen LogP contribution is -2.51. The van der Waals surface area contributed by atoms with Crippen LogP contribution in [0.25, 0.3) is 11.5 Å². The summed E-state index contributed by atoms with van der Waals surface area (Å²) in [5, 5.41) is 8.91. The second-order valence-electron chi connectivity index (χ2n) is 5.74. The lowest BCUT2D eigenvalue weighted by molar-refractivity contribution is -0.129. The van der Waals surface area contributed by atoms with E-state index < -0.39 is 0 Å². The third-order valence-electron chi connectivity index (χ3n) is 3.98. The van der Waals surface area contributed by atoms with E-state index in [0.29, 0.717) is 48.9 Å². The molecule has 0 atom stereocenters. The summed E-state index contributed by atoms with van der Waals surface area (Å²) in [6, 6.07) is 7.07. The molecule has 144 valence electrons. The average molecular weight is 411 g/mol. The van der Waals surface area contributed by atoms with Crippen molar-refractivity contribution >= 4 is 35.4 Å². The van der Waals surface area contributed by atoms with E-state index in [1.807, 2.05) is 0 Å². The number of carbonyl (C=O) groups is 2. The highest BCUT2D eigenvalue weighted by molar-refractivity contribution is 7.99. The van der Waals surface area contributed by atoms with Crippen molar-refractivity contribution in [1.82, 2.24) is 20.0 Å². The lowest BCUT2D eigenvalue weighted by Gasteiger charge is -2.33. The third-order valence-corrected chi connectivity index (χ3v) is 5.03. The molecule has 27 heavy (non-hydrogen) atoms. The number of piperazine rings is 1. The molecule has 8 nitrogen and oxygen atoms in total. The van der Waals surface area contributed by atoms with Crippen LogP contribution in [-0.2, 0) is 9.53 Å². The Morgan fingerprint density at radius 2 is 1.81 bits per heavy atom. The zero-order chi connectivity index (χ0) is 19.2. The molecule has 2 amide bonds. The molecule has 0 spiro atoms. The highest BCUT2D eigenvalue weighted by Crippen LogP contribution is 2.24. The number of halogens is 1. The van der Waals surface area contributed by atoms with Crippen LogP contribution < -0.4 is 0 Å². The Bertz CT molecular complexity index is 790. The van der Waals surface area contributed by atoms with E-state index in [0.717, 1.165) is 5.56 Å². The highest BCUT2D eigenvalue weighted by atomic mass is 35.5. The number of thioether (sulfide) groups is 1. The maximum atomic E-state index is 12.4. The summed E-state index contributed by atoms with van der Waals surface area (Å²) in [6.45, 7) is 4.02. The fourth-order valence-electron chi connectivity index (χ4n) is 2.55. The number of hydrogen-bond acceptors (Lipinski definition) is 7. The molecule has 0 saturated carbocycles. The quantitative estimate of drug-likeness (QED) is 0.700. The monoisotopic (exact) mass is 410 g/mol. The minimum Gasteiger partial charge on any atom is -0.450 e. The van der Waals surface area contributed by atoms with Crippen molar-refractivity contribution in [1.29, 1.82) is 0 Å². The van der Waals surface area contributed by atoms with Gasteiger partial charge in [-0.05, 0) is 31.2 Å². The van der Waals surface area contributed by atoms with E-state index >= 15 is 0 Å². The summed E-state index contributed by atoms with van der Waals surface area (Å²) < 4.78 is 10.6. The molecule has 1 aromatic carbocycles. The average Bonchev–Trinajstić information content (AvgIpc) is 3.16. The van der Waals surface area contributed by atoms with Crippen LogP contribution >= 0.6 is 23.4 Å². The first-order valence-corrected chi connectivity index (χ1v) is 9.85. The molecule has 1 saturated heterocycles. The zero-order valence-electron chi connectivity index (χ0n) is 14.8. The van der Waals surface area contributed by atoms with Gasteiger partial charge in [0.05, 0.1) is 12.4 Å². The van der Waals surface area contributed by atoms with E-state index in [2.05, 4.69) is 10.2 Å². The Labute approximate surface area is 165 Å². The van der Waals surface area contributed by atoms with Gasteiger partial charge in [-0.3, -0.25) is 4.79 Å². The van der Waals surface area contributed by atoms with Gasteiger partial charge in [-0.2, -0.15) is 0 Å². The molecule has 3 rings (SSSR count). The van der Waals surface area contributed by atoms with E-state index in [4.69, 9.17) is 20.8 Å². The van der Waals surface area contributed by atoms with Crippen LogP contribution in [0, 0.1) is 0 Å². The Balaban J connectivity index is 1.47. The summed E-state index contributed by atoms with van der Waals surface area (Å²) in [6.07, 6.45) is -0.334. The van der Waals surface area contributed by atoms with Crippen LogP contribution in [0.1, 0.15) is 6.92 Å². The molecule has 2 heterocycles. The molecular weight excluding hydrogens is 392 g/mol. The highest BCUT2D eigenvalue weighted by Gasteiger charge is 2.25. The van der Waals surface area contributed by atoms with Crippen molar-refractivity contribution in [2.75, 3.05) is 38.5 Å². The van der Waals surface area contributed by atoms with Gasteiger partial charge in [0.2, 0.25) is 11.8 Å². The summed E-state index contributed by atoms with van der Waals surface area (Å²) in [5.41, 5.74) is 0.764. The normalized spacial score (nSPS) is 14.3. The van der Waals surface area contributed by atoms with E-state index in [-0.39, 0.29) is 17.8 Å². The first kappa shape index (κ1) is 19.5. The maximum Gasteiger partial charge on any atom is 0.409 e. The van der Waals surface area contributed by atoms with Gasteiger partial charge in [-0.15, -0.1) is 10.2 Å². The number of benzene rings is 1.